The number of aromatic nitrogens is 2. The maximum Gasteiger partial charge on any atom is 0.238 e. The van der Waals surface area contributed by atoms with Crippen molar-refractivity contribution in [3.63, 3.8) is 0 Å². The van der Waals surface area contributed by atoms with Gasteiger partial charge in [-0.25, -0.2) is 8.42 Å². The molecule has 2 aromatic rings. The van der Waals surface area contributed by atoms with E-state index in [4.69, 9.17) is 8.94 Å². The Morgan fingerprint density at radius 3 is 2.95 bits per heavy atom. The first-order valence-corrected chi connectivity index (χ1v) is 8.44. The summed E-state index contributed by atoms with van der Waals surface area (Å²) in [6.45, 7) is 1.84. The molecule has 0 spiro atoms. The average Bonchev–Trinajstić information content (AvgIpc) is 2.97. The molecule has 108 valence electrons. The molecule has 1 unspecified atom stereocenters. The van der Waals surface area contributed by atoms with Crippen LogP contribution in [0.3, 0.4) is 0 Å². The zero-order valence-corrected chi connectivity index (χ0v) is 12.0. The molecule has 0 radical (unpaired) electrons. The number of nitrogens with zero attached hydrogens (tertiary/aromatic N) is 2. The Morgan fingerprint density at radius 2 is 2.25 bits per heavy atom. The zero-order valence-electron chi connectivity index (χ0n) is 11.2. The summed E-state index contributed by atoms with van der Waals surface area (Å²) in [6.07, 6.45) is 2.11. The van der Waals surface area contributed by atoms with Crippen LogP contribution in [0.2, 0.25) is 0 Å². The predicted molar refractivity (Wildman–Crippen MR) is 71.8 cm³/mol. The van der Waals surface area contributed by atoms with Gasteiger partial charge in [-0.05, 0) is 37.8 Å². The fraction of sp³-hybridized carbons (Fsp3) is 0.538. The monoisotopic (exact) mass is 296 g/mol. The highest BCUT2D eigenvalue weighted by atomic mass is 32.2. The van der Waals surface area contributed by atoms with Crippen LogP contribution < -0.4 is 0 Å². The van der Waals surface area contributed by atoms with Crippen LogP contribution in [0.25, 0.3) is 11.6 Å². The van der Waals surface area contributed by atoms with Crippen LogP contribution in [0.4, 0.5) is 0 Å². The van der Waals surface area contributed by atoms with E-state index in [0.717, 1.165) is 12.2 Å². The molecule has 0 aromatic carbocycles. The summed E-state index contributed by atoms with van der Waals surface area (Å²) >= 11 is 0. The van der Waals surface area contributed by atoms with E-state index >= 15 is 0 Å². The Kier molecular flexibility index (Phi) is 3.37. The molecule has 1 atom stereocenters. The fourth-order valence-corrected chi connectivity index (χ4v) is 4.29. The molecule has 1 saturated heterocycles. The van der Waals surface area contributed by atoms with Gasteiger partial charge in [0, 0.05) is 6.42 Å². The molecular weight excluding hydrogens is 280 g/mol. The van der Waals surface area contributed by atoms with Gasteiger partial charge in [0.25, 0.3) is 0 Å². The molecule has 3 heterocycles. The third-order valence-electron chi connectivity index (χ3n) is 3.45. The second-order valence-electron chi connectivity index (χ2n) is 5.25. The van der Waals surface area contributed by atoms with Gasteiger partial charge in [-0.2, -0.15) is 4.98 Å². The number of aryl methyl sites for hydroxylation is 1. The highest BCUT2D eigenvalue weighted by molar-refractivity contribution is 7.91. The molecule has 0 aliphatic carbocycles. The lowest BCUT2D eigenvalue weighted by Crippen LogP contribution is -2.26. The van der Waals surface area contributed by atoms with E-state index in [0.29, 0.717) is 36.1 Å². The number of hydrogen-bond donors (Lipinski definition) is 0. The smallest absolute Gasteiger partial charge is 0.238 e. The van der Waals surface area contributed by atoms with Gasteiger partial charge in [-0.3, -0.25) is 0 Å². The van der Waals surface area contributed by atoms with Crippen LogP contribution >= 0.6 is 0 Å². The molecule has 7 heteroatoms. The lowest BCUT2D eigenvalue weighted by molar-refractivity contribution is 0.349. The van der Waals surface area contributed by atoms with Crippen molar-refractivity contribution in [2.24, 2.45) is 5.92 Å². The standard InChI is InChI=1S/C13H16N2O4S/c1-9-4-5-11(18-9)13-14-12(19-15-13)7-10-3-2-6-20(16,17)8-10/h4-5,10H,2-3,6-8H2,1H3. The van der Waals surface area contributed by atoms with Gasteiger partial charge in [0.15, 0.2) is 15.6 Å². The molecule has 2 aromatic heterocycles. The molecular formula is C13H16N2O4S. The third-order valence-corrected chi connectivity index (χ3v) is 5.34. The quantitative estimate of drug-likeness (QED) is 0.861. The number of furan rings is 1. The van der Waals surface area contributed by atoms with Gasteiger partial charge >= 0.3 is 0 Å². The van der Waals surface area contributed by atoms with Crippen LogP contribution in [0.15, 0.2) is 21.1 Å². The number of sulfone groups is 1. The minimum atomic E-state index is -2.90. The normalized spacial score (nSPS) is 21.9. The van der Waals surface area contributed by atoms with Gasteiger partial charge in [0.1, 0.15) is 5.76 Å². The summed E-state index contributed by atoms with van der Waals surface area (Å²) in [5.41, 5.74) is 0. The van der Waals surface area contributed by atoms with Gasteiger partial charge in [0.2, 0.25) is 11.7 Å². The Morgan fingerprint density at radius 1 is 1.40 bits per heavy atom. The second-order valence-corrected chi connectivity index (χ2v) is 7.48. The molecule has 6 nitrogen and oxygen atoms in total. The maximum absolute atomic E-state index is 11.6. The van der Waals surface area contributed by atoms with E-state index < -0.39 is 9.84 Å². The van der Waals surface area contributed by atoms with Crippen molar-refractivity contribution < 1.29 is 17.4 Å². The third kappa shape index (κ3) is 2.92. The lowest BCUT2D eigenvalue weighted by Gasteiger charge is -2.19. The minimum absolute atomic E-state index is 0.0698. The van der Waals surface area contributed by atoms with Gasteiger partial charge in [0.05, 0.1) is 11.5 Å². The molecule has 0 saturated carbocycles. The van der Waals surface area contributed by atoms with Crippen LogP contribution in [0.5, 0.6) is 0 Å². The van der Waals surface area contributed by atoms with Gasteiger partial charge in [-0.1, -0.05) is 5.16 Å². The van der Waals surface area contributed by atoms with Crippen molar-refractivity contribution >= 4 is 9.84 Å². The van der Waals surface area contributed by atoms with E-state index in [1.807, 2.05) is 13.0 Å². The van der Waals surface area contributed by atoms with Crippen molar-refractivity contribution in [1.29, 1.82) is 0 Å². The summed E-state index contributed by atoms with van der Waals surface area (Å²) in [5, 5.41) is 3.87. The van der Waals surface area contributed by atoms with Crippen LogP contribution in [-0.2, 0) is 16.3 Å². The van der Waals surface area contributed by atoms with Crippen molar-refractivity contribution in [1.82, 2.24) is 10.1 Å². The number of rotatable bonds is 3. The highest BCUT2D eigenvalue weighted by Gasteiger charge is 2.26. The molecule has 20 heavy (non-hydrogen) atoms. The summed E-state index contributed by atoms with van der Waals surface area (Å²) in [4.78, 5) is 4.27. The first-order chi connectivity index (χ1) is 9.52. The highest BCUT2D eigenvalue weighted by Crippen LogP contribution is 2.24. The van der Waals surface area contributed by atoms with Gasteiger partial charge in [-0.15, -0.1) is 0 Å². The Labute approximate surface area is 117 Å². The first kappa shape index (κ1) is 13.4. The van der Waals surface area contributed by atoms with Crippen molar-refractivity contribution in [3.05, 3.63) is 23.8 Å². The average molecular weight is 296 g/mol. The predicted octanol–water partition coefficient (Wildman–Crippen LogP) is 2.01. The molecule has 1 aliphatic heterocycles. The van der Waals surface area contributed by atoms with E-state index in [2.05, 4.69) is 10.1 Å². The summed E-state index contributed by atoms with van der Waals surface area (Å²) in [6, 6.07) is 3.62. The van der Waals surface area contributed by atoms with Crippen molar-refractivity contribution in [3.8, 4) is 11.6 Å². The fourth-order valence-electron chi connectivity index (χ4n) is 2.52. The topological polar surface area (TPSA) is 86.2 Å². The van der Waals surface area contributed by atoms with Crippen LogP contribution in [-0.4, -0.2) is 30.1 Å². The molecule has 0 bridgehead atoms. The van der Waals surface area contributed by atoms with E-state index in [-0.39, 0.29) is 11.7 Å². The first-order valence-electron chi connectivity index (χ1n) is 6.62. The van der Waals surface area contributed by atoms with E-state index in [1.165, 1.54) is 0 Å². The number of hydrogen-bond acceptors (Lipinski definition) is 6. The summed E-state index contributed by atoms with van der Waals surface area (Å²) < 4.78 is 33.8. The minimum Gasteiger partial charge on any atom is -0.458 e. The Hall–Kier alpha value is -1.63. The second kappa shape index (κ2) is 5.05. The Bertz CT molecular complexity index is 702. The summed E-state index contributed by atoms with van der Waals surface area (Å²) in [7, 11) is -2.90. The molecule has 0 amide bonds. The zero-order chi connectivity index (χ0) is 14.2. The Balaban J connectivity index is 1.71. The molecule has 3 rings (SSSR count). The SMILES string of the molecule is Cc1ccc(-c2noc(CC3CCCS(=O)(=O)C3)n2)o1. The van der Waals surface area contributed by atoms with Crippen LogP contribution in [0, 0.1) is 12.8 Å². The lowest BCUT2D eigenvalue weighted by atomic mass is 10.0. The maximum atomic E-state index is 11.6. The van der Waals surface area contributed by atoms with E-state index in [1.54, 1.807) is 6.07 Å². The molecule has 1 aliphatic rings. The van der Waals surface area contributed by atoms with Gasteiger partial charge < -0.3 is 8.94 Å². The van der Waals surface area contributed by atoms with E-state index in [9.17, 15) is 8.42 Å². The molecule has 1 fully saturated rings. The summed E-state index contributed by atoms with van der Waals surface area (Å²) in [5.74, 6) is 2.80. The van der Waals surface area contributed by atoms with Crippen LogP contribution in [0.1, 0.15) is 24.5 Å². The van der Waals surface area contributed by atoms with Crippen molar-refractivity contribution in [2.45, 2.75) is 26.2 Å². The van der Waals surface area contributed by atoms with Crippen molar-refractivity contribution in [2.75, 3.05) is 11.5 Å². The molecule has 0 N–H and O–H groups in total. The largest absolute Gasteiger partial charge is 0.458 e.